The summed E-state index contributed by atoms with van der Waals surface area (Å²) in [5.41, 5.74) is 2.87. The quantitative estimate of drug-likeness (QED) is 0.169. The second kappa shape index (κ2) is 15.0. The summed E-state index contributed by atoms with van der Waals surface area (Å²) in [4.78, 5) is 39.4. The van der Waals surface area contributed by atoms with Gasteiger partial charge < -0.3 is 25.1 Å². The van der Waals surface area contributed by atoms with Gasteiger partial charge in [-0.2, -0.15) is 0 Å². The number of alkyl carbamates (subject to hydrolysis) is 1. The number of likely N-dealkylation sites (N-methyl/N-ethyl adjacent to an activating group) is 1. The number of amides is 2. The maximum absolute atomic E-state index is 15.2. The average molecular weight is 638 g/mol. The van der Waals surface area contributed by atoms with Crippen LogP contribution in [0.5, 0.6) is 0 Å². The summed E-state index contributed by atoms with van der Waals surface area (Å²) in [5, 5.41) is 13.0. The van der Waals surface area contributed by atoms with Gasteiger partial charge in [-0.15, -0.1) is 5.16 Å². The van der Waals surface area contributed by atoms with Crippen molar-refractivity contribution in [3.63, 3.8) is 0 Å². The third-order valence-corrected chi connectivity index (χ3v) is 8.14. The van der Waals surface area contributed by atoms with Crippen molar-refractivity contribution in [3.05, 3.63) is 53.3 Å². The monoisotopic (exact) mass is 637 g/mol. The first-order chi connectivity index (χ1) is 21.8. The van der Waals surface area contributed by atoms with Crippen LogP contribution in [0.25, 0.3) is 11.1 Å². The molecule has 0 aliphatic carbocycles. The van der Waals surface area contributed by atoms with E-state index in [2.05, 4.69) is 46.6 Å². The molecule has 2 aromatic rings. The van der Waals surface area contributed by atoms with E-state index in [0.717, 1.165) is 49.3 Å². The van der Waals surface area contributed by atoms with Crippen LogP contribution in [0.1, 0.15) is 70.8 Å². The molecule has 0 saturated carbocycles. The average Bonchev–Trinajstić information content (AvgIpc) is 3.00. The van der Waals surface area contributed by atoms with Crippen molar-refractivity contribution < 1.29 is 23.6 Å². The van der Waals surface area contributed by atoms with Gasteiger partial charge in [-0.25, -0.2) is 9.18 Å². The normalized spacial score (nSPS) is 18.2. The number of benzene rings is 2. The molecule has 3 N–H and O–H groups in total. The number of fused-ring (bicyclic) bond motifs is 1. The van der Waals surface area contributed by atoms with Crippen LogP contribution in [0.4, 0.5) is 14.9 Å². The lowest BCUT2D eigenvalue weighted by Crippen LogP contribution is -2.43. The molecule has 3 unspecified atom stereocenters. The maximum Gasteiger partial charge on any atom is 0.408 e. The van der Waals surface area contributed by atoms with E-state index < -0.39 is 17.7 Å². The Kier molecular flexibility index (Phi) is 11.4. The highest BCUT2D eigenvalue weighted by atomic mass is 19.1. The Morgan fingerprint density at radius 2 is 1.85 bits per heavy atom. The molecule has 11 nitrogen and oxygen atoms in total. The van der Waals surface area contributed by atoms with Crippen molar-refractivity contribution in [3.8, 4) is 11.1 Å². The van der Waals surface area contributed by atoms with Crippen LogP contribution < -0.4 is 16.0 Å². The molecular weight excluding hydrogens is 589 g/mol. The van der Waals surface area contributed by atoms with E-state index in [4.69, 9.17) is 14.6 Å². The van der Waals surface area contributed by atoms with Crippen LogP contribution in [-0.2, 0) is 14.4 Å². The molecule has 2 amide bonds. The number of ether oxygens (including phenoxy) is 1. The molecule has 1 saturated heterocycles. The van der Waals surface area contributed by atoms with E-state index >= 15 is 4.39 Å². The fraction of sp³-hybridized carbons (Fsp3) is 0.529. The molecule has 250 valence electrons. The van der Waals surface area contributed by atoms with Gasteiger partial charge in [-0.05, 0) is 62.8 Å². The fourth-order valence-electron chi connectivity index (χ4n) is 5.75. The second-order valence-electron chi connectivity index (χ2n) is 13.4. The molecule has 2 heterocycles. The number of hydrogen-bond donors (Lipinski definition) is 3. The summed E-state index contributed by atoms with van der Waals surface area (Å²) in [7, 11) is 3.25. The van der Waals surface area contributed by atoms with Crippen LogP contribution in [0.3, 0.4) is 0 Å². The summed E-state index contributed by atoms with van der Waals surface area (Å²) in [6.07, 6.45) is 2.46. The van der Waals surface area contributed by atoms with Crippen LogP contribution >= 0.6 is 0 Å². The molecule has 0 bridgehead atoms. The lowest BCUT2D eigenvalue weighted by molar-refractivity contribution is -0.131. The number of carbonyl (C=O) groups is 2. The molecular formula is C34H48FN7O4. The van der Waals surface area contributed by atoms with Crippen LogP contribution in [0.2, 0.25) is 0 Å². The Labute approximate surface area is 271 Å². The van der Waals surface area contributed by atoms with Gasteiger partial charge in [-0.3, -0.25) is 20.0 Å². The highest BCUT2D eigenvalue weighted by Gasteiger charge is 2.31. The van der Waals surface area contributed by atoms with Crippen molar-refractivity contribution in [1.29, 1.82) is 0 Å². The fourth-order valence-corrected chi connectivity index (χ4v) is 5.75. The predicted molar refractivity (Wildman–Crippen MR) is 179 cm³/mol. The number of aliphatic imine (C=N–C) groups is 1. The largest absolute Gasteiger partial charge is 0.444 e. The Balaban J connectivity index is 1.51. The molecule has 2 aliphatic heterocycles. The van der Waals surface area contributed by atoms with E-state index in [9.17, 15) is 9.59 Å². The Morgan fingerprint density at radius 3 is 2.43 bits per heavy atom. The second-order valence-corrected chi connectivity index (χ2v) is 13.4. The maximum atomic E-state index is 15.2. The number of carbonyl (C=O) groups excluding carboxylic acids is 2. The number of hydrogen-bond acceptors (Lipinski definition) is 9. The lowest BCUT2D eigenvalue weighted by atomic mass is 9.93. The van der Waals surface area contributed by atoms with Gasteiger partial charge in [-0.1, -0.05) is 38.1 Å². The van der Waals surface area contributed by atoms with Gasteiger partial charge >= 0.3 is 6.09 Å². The van der Waals surface area contributed by atoms with E-state index in [1.54, 1.807) is 59.4 Å². The molecule has 0 aromatic heterocycles. The van der Waals surface area contributed by atoms with Crippen molar-refractivity contribution in [2.24, 2.45) is 22.0 Å². The van der Waals surface area contributed by atoms with Crippen molar-refractivity contribution >= 4 is 30.7 Å². The van der Waals surface area contributed by atoms with Gasteiger partial charge in [0.1, 0.15) is 23.6 Å². The third-order valence-electron chi connectivity index (χ3n) is 8.14. The van der Waals surface area contributed by atoms with E-state index in [-0.39, 0.29) is 30.0 Å². The number of anilines is 1. The summed E-state index contributed by atoms with van der Waals surface area (Å²) in [6.45, 7) is 15.3. The van der Waals surface area contributed by atoms with Gasteiger partial charge in [0.2, 0.25) is 5.91 Å². The first-order valence-electron chi connectivity index (χ1n) is 15.8. The predicted octanol–water partition coefficient (Wildman–Crippen LogP) is 5.52. The number of likely N-dealkylation sites (tertiary alicyclic amines) is 1. The number of rotatable bonds is 11. The summed E-state index contributed by atoms with van der Waals surface area (Å²) >= 11 is 0. The zero-order valence-electron chi connectivity index (χ0n) is 28.0. The summed E-state index contributed by atoms with van der Waals surface area (Å²) in [5.74, 6) is 0.0838. The molecule has 12 heteroatoms. The third kappa shape index (κ3) is 8.82. The minimum Gasteiger partial charge on any atom is -0.444 e. The van der Waals surface area contributed by atoms with Crippen LogP contribution in [-0.4, -0.2) is 80.4 Å². The molecule has 46 heavy (non-hydrogen) atoms. The Hall–Kier alpha value is -4.03. The summed E-state index contributed by atoms with van der Waals surface area (Å²) in [6, 6.07) is 9.30. The number of piperidine rings is 1. The first kappa shape index (κ1) is 34.8. The van der Waals surface area contributed by atoms with Gasteiger partial charge in [0.15, 0.2) is 6.23 Å². The standard InChI is InChI=1S/C34H48FN7O4/c1-21(2)31(46-36-6)37-19-22-13-15-42(16-14-22)30-27-18-25(35)17-26(29(27)38-20-39-30)23-9-11-24(12-10-23)28(32(43)41(7)8)40-33(44)45-34(3,4)5/h9-12,17-18,20-22,28,30-31,37H,6,13-16,19H2,1-5,7-8H3,(H,38,39)(H,40,44). The first-order valence-corrected chi connectivity index (χ1v) is 15.8. The molecule has 1 fully saturated rings. The minimum atomic E-state index is -0.949. The number of halogens is 1. The molecule has 3 atom stereocenters. The highest BCUT2D eigenvalue weighted by molar-refractivity contribution is 5.91. The smallest absolute Gasteiger partial charge is 0.408 e. The zero-order chi connectivity index (χ0) is 33.6. The van der Waals surface area contributed by atoms with E-state index in [0.29, 0.717) is 17.0 Å². The molecule has 2 aromatic carbocycles. The zero-order valence-corrected chi connectivity index (χ0v) is 28.0. The van der Waals surface area contributed by atoms with Crippen molar-refractivity contribution in [2.45, 2.75) is 71.5 Å². The highest BCUT2D eigenvalue weighted by Crippen LogP contribution is 2.40. The van der Waals surface area contributed by atoms with Crippen LogP contribution in [0.15, 0.2) is 46.5 Å². The van der Waals surface area contributed by atoms with E-state index in [1.165, 1.54) is 11.0 Å². The summed E-state index contributed by atoms with van der Waals surface area (Å²) < 4.78 is 20.6. The molecule has 0 radical (unpaired) electrons. The Bertz CT molecular complexity index is 1400. The molecule has 2 aliphatic rings. The molecule has 0 spiro atoms. The van der Waals surface area contributed by atoms with Gasteiger partial charge in [0.25, 0.3) is 0 Å². The van der Waals surface area contributed by atoms with E-state index in [1.807, 2.05) is 12.1 Å². The number of nitrogens with zero attached hydrogens (tertiary/aromatic N) is 4. The van der Waals surface area contributed by atoms with Crippen LogP contribution in [0, 0.1) is 17.7 Å². The topological polar surface area (TPSA) is 120 Å². The number of oxime groups is 1. The van der Waals surface area contributed by atoms with Gasteiger partial charge in [0.05, 0.1) is 12.0 Å². The Morgan fingerprint density at radius 1 is 1.17 bits per heavy atom. The van der Waals surface area contributed by atoms with Crippen molar-refractivity contribution in [1.82, 2.24) is 20.4 Å². The molecule has 4 rings (SSSR count). The SMILES string of the molecule is C=NOC(NCC1CCN(C2N=CNc3c(-c4ccc(C(NC(=O)OC(C)(C)C)C(=O)N(C)C)cc4)cc(F)cc32)CC1)C(C)C. The number of nitrogens with one attached hydrogen (secondary N) is 3. The minimum absolute atomic E-state index is 0.174. The van der Waals surface area contributed by atoms with Gasteiger partial charge in [0, 0.05) is 57.5 Å². The van der Waals surface area contributed by atoms with Crippen molar-refractivity contribution in [2.75, 3.05) is 39.0 Å². The lowest BCUT2D eigenvalue weighted by Gasteiger charge is -2.38.